The molecule has 0 aliphatic rings. The maximum atomic E-state index is 12.6. The van der Waals surface area contributed by atoms with Crippen molar-refractivity contribution in [3.8, 4) is 0 Å². The van der Waals surface area contributed by atoms with Crippen molar-refractivity contribution in [2.45, 2.75) is 22.5 Å². The summed E-state index contributed by atoms with van der Waals surface area (Å²) in [6.45, 7) is 0.247. The molecule has 1 atom stereocenters. The van der Waals surface area contributed by atoms with Crippen LogP contribution >= 0.6 is 0 Å². The SMILES string of the molecule is NCc1ccc(S(=O)c2cccc(C(F)(F)F)c2)cn1. The second-order valence-electron chi connectivity index (χ2n) is 3.98. The van der Waals surface area contributed by atoms with Gasteiger partial charge in [-0.3, -0.25) is 4.98 Å². The Morgan fingerprint density at radius 2 is 1.90 bits per heavy atom. The number of aromatic nitrogens is 1. The molecule has 0 saturated heterocycles. The fourth-order valence-electron chi connectivity index (χ4n) is 1.57. The number of alkyl halides is 3. The van der Waals surface area contributed by atoms with Crippen LogP contribution in [0.15, 0.2) is 52.4 Å². The minimum absolute atomic E-state index is 0.0853. The van der Waals surface area contributed by atoms with Crippen LogP contribution in [-0.4, -0.2) is 9.19 Å². The summed E-state index contributed by atoms with van der Waals surface area (Å²) < 4.78 is 50.0. The molecule has 1 aromatic heterocycles. The molecular formula is C13H11F3N2OS. The van der Waals surface area contributed by atoms with E-state index in [0.717, 1.165) is 12.1 Å². The van der Waals surface area contributed by atoms with Crippen molar-refractivity contribution in [3.05, 3.63) is 53.9 Å². The van der Waals surface area contributed by atoms with Gasteiger partial charge in [-0.05, 0) is 30.3 Å². The van der Waals surface area contributed by atoms with Gasteiger partial charge < -0.3 is 5.73 Å². The monoisotopic (exact) mass is 300 g/mol. The van der Waals surface area contributed by atoms with Crippen LogP contribution in [0.3, 0.4) is 0 Å². The number of benzene rings is 1. The van der Waals surface area contributed by atoms with Gasteiger partial charge in [-0.15, -0.1) is 0 Å². The molecule has 20 heavy (non-hydrogen) atoms. The molecular weight excluding hydrogens is 289 g/mol. The van der Waals surface area contributed by atoms with Crippen LogP contribution in [0.4, 0.5) is 13.2 Å². The van der Waals surface area contributed by atoms with E-state index in [1.165, 1.54) is 18.3 Å². The van der Waals surface area contributed by atoms with E-state index in [1.807, 2.05) is 0 Å². The summed E-state index contributed by atoms with van der Waals surface area (Å²) in [4.78, 5) is 4.39. The van der Waals surface area contributed by atoms with Crippen molar-refractivity contribution in [3.63, 3.8) is 0 Å². The van der Waals surface area contributed by atoms with Crippen molar-refractivity contribution in [1.29, 1.82) is 0 Å². The third kappa shape index (κ3) is 3.23. The lowest BCUT2D eigenvalue weighted by Gasteiger charge is -2.08. The minimum atomic E-state index is -4.46. The average Bonchev–Trinajstić information content (AvgIpc) is 2.46. The van der Waals surface area contributed by atoms with Crippen LogP contribution < -0.4 is 5.73 Å². The zero-order chi connectivity index (χ0) is 14.8. The summed E-state index contributed by atoms with van der Waals surface area (Å²) >= 11 is 0. The highest BCUT2D eigenvalue weighted by Gasteiger charge is 2.30. The maximum absolute atomic E-state index is 12.6. The van der Waals surface area contributed by atoms with Crippen LogP contribution in [-0.2, 0) is 23.5 Å². The van der Waals surface area contributed by atoms with Gasteiger partial charge >= 0.3 is 6.18 Å². The molecule has 1 unspecified atom stereocenters. The Labute approximate surface area is 116 Å². The molecule has 0 spiro atoms. The van der Waals surface area contributed by atoms with Crippen LogP contribution in [0.1, 0.15) is 11.3 Å². The Hall–Kier alpha value is -1.73. The van der Waals surface area contributed by atoms with Crippen molar-refractivity contribution in [1.82, 2.24) is 4.98 Å². The average molecular weight is 300 g/mol. The molecule has 1 heterocycles. The summed E-state index contributed by atoms with van der Waals surface area (Å²) in [6, 6.07) is 7.59. The second-order valence-corrected chi connectivity index (χ2v) is 5.46. The quantitative estimate of drug-likeness (QED) is 0.948. The molecule has 7 heteroatoms. The number of rotatable bonds is 3. The molecule has 3 nitrogen and oxygen atoms in total. The first-order valence-electron chi connectivity index (χ1n) is 5.66. The molecule has 0 radical (unpaired) electrons. The molecule has 0 aliphatic heterocycles. The molecule has 0 saturated carbocycles. The van der Waals surface area contributed by atoms with Crippen LogP contribution in [0.25, 0.3) is 0 Å². The summed E-state index contributed by atoms with van der Waals surface area (Å²) in [5.41, 5.74) is 5.19. The lowest BCUT2D eigenvalue weighted by molar-refractivity contribution is -0.137. The van der Waals surface area contributed by atoms with Crippen LogP contribution in [0, 0.1) is 0 Å². The zero-order valence-corrected chi connectivity index (χ0v) is 11.0. The lowest BCUT2D eigenvalue weighted by atomic mass is 10.2. The summed E-state index contributed by atoms with van der Waals surface area (Å²) in [7, 11) is -1.71. The van der Waals surface area contributed by atoms with Crippen molar-refractivity contribution >= 4 is 10.8 Å². The molecule has 2 N–H and O–H groups in total. The van der Waals surface area contributed by atoms with Gasteiger partial charge in [0.15, 0.2) is 0 Å². The van der Waals surface area contributed by atoms with Crippen molar-refractivity contribution in [2.24, 2.45) is 5.73 Å². The standard InChI is InChI=1S/C13H11F3N2OS/c14-13(15,16)9-2-1-3-11(6-9)20(19)12-5-4-10(7-17)18-8-12/h1-6,8H,7,17H2. The first-order chi connectivity index (χ1) is 9.41. The fourth-order valence-corrected chi connectivity index (χ4v) is 2.61. The number of hydrogen-bond acceptors (Lipinski definition) is 3. The first-order valence-corrected chi connectivity index (χ1v) is 6.81. The highest BCUT2D eigenvalue weighted by molar-refractivity contribution is 7.85. The fraction of sp³-hybridized carbons (Fsp3) is 0.154. The van der Waals surface area contributed by atoms with E-state index in [0.29, 0.717) is 10.6 Å². The summed E-state index contributed by atoms with van der Waals surface area (Å²) in [5.74, 6) is 0. The van der Waals surface area contributed by atoms with E-state index in [9.17, 15) is 17.4 Å². The molecule has 0 amide bonds. The maximum Gasteiger partial charge on any atom is 0.416 e. The van der Waals surface area contributed by atoms with Gasteiger partial charge in [0.05, 0.1) is 27.0 Å². The largest absolute Gasteiger partial charge is 0.416 e. The molecule has 2 rings (SSSR count). The Kier molecular flexibility index (Phi) is 4.20. The van der Waals surface area contributed by atoms with Gasteiger partial charge in [-0.1, -0.05) is 6.07 Å². The third-order valence-corrected chi connectivity index (χ3v) is 3.95. The molecule has 0 fully saturated rings. The van der Waals surface area contributed by atoms with E-state index in [4.69, 9.17) is 5.73 Å². The lowest BCUT2D eigenvalue weighted by Crippen LogP contribution is -2.06. The Morgan fingerprint density at radius 3 is 2.45 bits per heavy atom. The number of hydrogen-bond donors (Lipinski definition) is 1. The van der Waals surface area contributed by atoms with E-state index < -0.39 is 22.5 Å². The van der Waals surface area contributed by atoms with E-state index in [2.05, 4.69) is 4.98 Å². The molecule has 1 aromatic carbocycles. The Morgan fingerprint density at radius 1 is 1.15 bits per heavy atom. The third-order valence-electron chi connectivity index (χ3n) is 2.60. The zero-order valence-electron chi connectivity index (χ0n) is 10.2. The van der Waals surface area contributed by atoms with Crippen LogP contribution in [0.2, 0.25) is 0 Å². The molecule has 2 aromatic rings. The van der Waals surface area contributed by atoms with Gasteiger partial charge in [-0.25, -0.2) is 4.21 Å². The predicted octanol–water partition coefficient (Wildman–Crippen LogP) is 2.73. The summed E-state index contributed by atoms with van der Waals surface area (Å²) in [6.07, 6.45) is -3.10. The van der Waals surface area contributed by atoms with Gasteiger partial charge in [0.25, 0.3) is 0 Å². The summed E-state index contributed by atoms with van der Waals surface area (Å²) in [5, 5.41) is 0. The number of nitrogens with two attached hydrogens (primary N) is 1. The molecule has 106 valence electrons. The van der Waals surface area contributed by atoms with E-state index in [-0.39, 0.29) is 11.4 Å². The second kappa shape index (κ2) is 5.72. The van der Waals surface area contributed by atoms with Crippen molar-refractivity contribution < 1.29 is 17.4 Å². The normalized spacial score (nSPS) is 13.2. The minimum Gasteiger partial charge on any atom is -0.325 e. The predicted molar refractivity (Wildman–Crippen MR) is 68.2 cm³/mol. The van der Waals surface area contributed by atoms with E-state index >= 15 is 0 Å². The Bertz CT molecular complexity index is 626. The Balaban J connectivity index is 2.33. The first kappa shape index (κ1) is 14.7. The van der Waals surface area contributed by atoms with Gasteiger partial charge in [0.2, 0.25) is 0 Å². The number of nitrogens with zero attached hydrogens (tertiary/aromatic N) is 1. The topological polar surface area (TPSA) is 56.0 Å². The number of halogens is 3. The highest BCUT2D eigenvalue weighted by Crippen LogP contribution is 2.30. The molecule has 0 aliphatic carbocycles. The van der Waals surface area contributed by atoms with Gasteiger partial charge in [0, 0.05) is 17.6 Å². The molecule has 0 bridgehead atoms. The van der Waals surface area contributed by atoms with Gasteiger partial charge in [0.1, 0.15) is 0 Å². The van der Waals surface area contributed by atoms with E-state index in [1.54, 1.807) is 12.1 Å². The number of pyridine rings is 1. The van der Waals surface area contributed by atoms with Crippen LogP contribution in [0.5, 0.6) is 0 Å². The highest BCUT2D eigenvalue weighted by atomic mass is 32.2. The van der Waals surface area contributed by atoms with Gasteiger partial charge in [-0.2, -0.15) is 13.2 Å². The smallest absolute Gasteiger partial charge is 0.325 e. The van der Waals surface area contributed by atoms with Crippen molar-refractivity contribution in [2.75, 3.05) is 0 Å².